The van der Waals surface area contributed by atoms with E-state index in [1.165, 1.54) is 0 Å². The maximum Gasteiger partial charge on any atom is 0.307 e. The molecule has 78 valence electrons. The van der Waals surface area contributed by atoms with Gasteiger partial charge in [-0.25, -0.2) is 0 Å². The summed E-state index contributed by atoms with van der Waals surface area (Å²) in [6.07, 6.45) is 1.85. The predicted octanol–water partition coefficient (Wildman–Crippen LogP) is 0.693. The van der Waals surface area contributed by atoms with Gasteiger partial charge in [0.1, 0.15) is 0 Å². The third kappa shape index (κ3) is 7.74. The molecule has 0 aromatic carbocycles. The Morgan fingerprint density at radius 3 is 2.69 bits per heavy atom. The van der Waals surface area contributed by atoms with Crippen LogP contribution in [0.5, 0.6) is 0 Å². The van der Waals surface area contributed by atoms with E-state index in [1.807, 2.05) is 6.92 Å². The molecule has 0 radical (unpaired) electrons. The third-order valence-corrected chi connectivity index (χ3v) is 1.71. The summed E-state index contributed by atoms with van der Waals surface area (Å²) in [6.45, 7) is 2.99. The average molecular weight is 189 g/mol. The molecule has 0 aromatic heterocycles. The number of hydrogen-bond donors (Lipinski definition) is 1. The van der Waals surface area contributed by atoms with Crippen LogP contribution in [0.1, 0.15) is 26.2 Å². The first kappa shape index (κ1) is 12.4. The van der Waals surface area contributed by atoms with Crippen LogP contribution < -0.4 is 5.73 Å². The third-order valence-electron chi connectivity index (χ3n) is 1.71. The van der Waals surface area contributed by atoms with Gasteiger partial charge in [-0.3, -0.25) is 4.79 Å². The van der Waals surface area contributed by atoms with Crippen molar-refractivity contribution in [2.75, 3.05) is 20.3 Å². The highest BCUT2D eigenvalue weighted by Crippen LogP contribution is 1.96. The topological polar surface area (TPSA) is 61.6 Å². The van der Waals surface area contributed by atoms with Crippen LogP contribution in [0.15, 0.2) is 0 Å². The molecule has 4 nitrogen and oxygen atoms in total. The Bertz CT molecular complexity index is 139. The molecule has 0 bridgehead atoms. The normalized spacial score (nSPS) is 12.5. The van der Waals surface area contributed by atoms with Gasteiger partial charge in [0.25, 0.3) is 0 Å². The lowest BCUT2D eigenvalue weighted by atomic mass is 10.2. The zero-order chi connectivity index (χ0) is 10.1. The highest BCUT2D eigenvalue weighted by molar-refractivity contribution is 5.70. The molecule has 0 aromatic rings. The highest BCUT2D eigenvalue weighted by atomic mass is 16.5. The second-order valence-electron chi connectivity index (χ2n) is 2.94. The van der Waals surface area contributed by atoms with E-state index in [9.17, 15) is 4.79 Å². The molecule has 0 saturated heterocycles. The average Bonchev–Trinajstić information content (AvgIpc) is 2.12. The van der Waals surface area contributed by atoms with E-state index >= 15 is 0 Å². The van der Waals surface area contributed by atoms with Crippen molar-refractivity contribution in [2.24, 2.45) is 5.73 Å². The van der Waals surface area contributed by atoms with Crippen molar-refractivity contribution in [2.45, 2.75) is 32.2 Å². The number of carbonyl (C=O) groups is 1. The Morgan fingerprint density at radius 1 is 1.46 bits per heavy atom. The molecule has 0 amide bonds. The number of methoxy groups -OCH3 is 1. The van der Waals surface area contributed by atoms with Gasteiger partial charge in [0.2, 0.25) is 0 Å². The van der Waals surface area contributed by atoms with Gasteiger partial charge in [0.15, 0.2) is 0 Å². The van der Waals surface area contributed by atoms with Gasteiger partial charge in [0, 0.05) is 26.2 Å². The molecule has 13 heavy (non-hydrogen) atoms. The molecular formula is C9H19NO3. The largest absolute Gasteiger partial charge is 0.466 e. The number of hydrogen-bond acceptors (Lipinski definition) is 4. The van der Waals surface area contributed by atoms with E-state index in [1.54, 1.807) is 7.11 Å². The van der Waals surface area contributed by atoms with Gasteiger partial charge >= 0.3 is 5.97 Å². The summed E-state index contributed by atoms with van der Waals surface area (Å²) in [4.78, 5) is 11.0. The molecule has 4 heteroatoms. The molecule has 0 aliphatic carbocycles. The zero-order valence-electron chi connectivity index (χ0n) is 8.41. The van der Waals surface area contributed by atoms with Gasteiger partial charge < -0.3 is 15.2 Å². The molecule has 0 rings (SSSR count). The summed E-state index contributed by atoms with van der Waals surface area (Å²) in [5.41, 5.74) is 5.58. The quantitative estimate of drug-likeness (QED) is 0.473. The van der Waals surface area contributed by atoms with Crippen molar-refractivity contribution in [3.8, 4) is 0 Å². The number of ether oxygens (including phenoxy) is 2. The van der Waals surface area contributed by atoms with Crippen LogP contribution in [0.2, 0.25) is 0 Å². The summed E-state index contributed by atoms with van der Waals surface area (Å²) in [5, 5.41) is 0. The molecule has 2 N–H and O–H groups in total. The first-order valence-corrected chi connectivity index (χ1v) is 4.60. The Kier molecular flexibility index (Phi) is 7.63. The Balaban J connectivity index is 3.30. The van der Waals surface area contributed by atoms with E-state index in [0.29, 0.717) is 19.6 Å². The maximum absolute atomic E-state index is 11.0. The Labute approximate surface area is 79.4 Å². The Hall–Kier alpha value is -0.610. The molecule has 0 aliphatic rings. The van der Waals surface area contributed by atoms with Gasteiger partial charge in [-0.15, -0.1) is 0 Å². The SMILES string of the molecule is CCC(N)CC(=O)OCCCOC. The fourth-order valence-electron chi connectivity index (χ4n) is 0.807. The predicted molar refractivity (Wildman–Crippen MR) is 50.3 cm³/mol. The molecule has 0 heterocycles. The van der Waals surface area contributed by atoms with Gasteiger partial charge in [-0.1, -0.05) is 6.92 Å². The Morgan fingerprint density at radius 2 is 2.15 bits per heavy atom. The molecule has 0 aliphatic heterocycles. The molecule has 0 saturated carbocycles. The van der Waals surface area contributed by atoms with Crippen molar-refractivity contribution in [3.05, 3.63) is 0 Å². The summed E-state index contributed by atoms with van der Waals surface area (Å²) >= 11 is 0. The lowest BCUT2D eigenvalue weighted by molar-refractivity contribution is -0.144. The molecule has 0 fully saturated rings. The van der Waals surface area contributed by atoms with Crippen molar-refractivity contribution in [3.63, 3.8) is 0 Å². The van der Waals surface area contributed by atoms with E-state index in [0.717, 1.165) is 12.8 Å². The minimum absolute atomic E-state index is 0.0741. The fourth-order valence-corrected chi connectivity index (χ4v) is 0.807. The van der Waals surface area contributed by atoms with E-state index in [4.69, 9.17) is 15.2 Å². The van der Waals surface area contributed by atoms with Crippen LogP contribution in [0, 0.1) is 0 Å². The van der Waals surface area contributed by atoms with Crippen LogP contribution in [-0.2, 0) is 14.3 Å². The van der Waals surface area contributed by atoms with Crippen LogP contribution in [0.3, 0.4) is 0 Å². The second-order valence-corrected chi connectivity index (χ2v) is 2.94. The fraction of sp³-hybridized carbons (Fsp3) is 0.889. The smallest absolute Gasteiger partial charge is 0.307 e. The minimum atomic E-state index is -0.217. The van der Waals surface area contributed by atoms with Crippen molar-refractivity contribution in [1.29, 1.82) is 0 Å². The van der Waals surface area contributed by atoms with Gasteiger partial charge in [-0.2, -0.15) is 0 Å². The van der Waals surface area contributed by atoms with Crippen molar-refractivity contribution in [1.82, 2.24) is 0 Å². The second kappa shape index (κ2) is 8.01. The number of carbonyl (C=O) groups excluding carboxylic acids is 1. The molecule has 1 unspecified atom stereocenters. The van der Waals surface area contributed by atoms with Gasteiger partial charge in [-0.05, 0) is 6.42 Å². The molecular weight excluding hydrogens is 170 g/mol. The van der Waals surface area contributed by atoms with Crippen molar-refractivity contribution < 1.29 is 14.3 Å². The first-order chi connectivity index (χ1) is 6.20. The van der Waals surface area contributed by atoms with Crippen LogP contribution in [0.25, 0.3) is 0 Å². The highest BCUT2D eigenvalue weighted by Gasteiger charge is 2.07. The molecule has 0 spiro atoms. The van der Waals surface area contributed by atoms with E-state index in [-0.39, 0.29) is 12.0 Å². The van der Waals surface area contributed by atoms with Crippen LogP contribution in [0.4, 0.5) is 0 Å². The molecule has 1 atom stereocenters. The van der Waals surface area contributed by atoms with Crippen molar-refractivity contribution >= 4 is 5.97 Å². The lowest BCUT2D eigenvalue weighted by Gasteiger charge is -2.08. The monoisotopic (exact) mass is 189 g/mol. The standard InChI is InChI=1S/C9H19NO3/c1-3-8(10)7-9(11)13-6-4-5-12-2/h8H,3-7,10H2,1-2H3. The summed E-state index contributed by atoms with van der Waals surface area (Å²) in [6, 6.07) is -0.0741. The zero-order valence-corrected chi connectivity index (χ0v) is 8.41. The summed E-state index contributed by atoms with van der Waals surface area (Å²) in [7, 11) is 1.62. The summed E-state index contributed by atoms with van der Waals surface area (Å²) < 4.78 is 9.73. The van der Waals surface area contributed by atoms with Crippen LogP contribution in [-0.4, -0.2) is 32.3 Å². The maximum atomic E-state index is 11.0. The van der Waals surface area contributed by atoms with E-state index in [2.05, 4.69) is 0 Å². The van der Waals surface area contributed by atoms with E-state index < -0.39 is 0 Å². The lowest BCUT2D eigenvalue weighted by Crippen LogP contribution is -2.24. The summed E-state index contributed by atoms with van der Waals surface area (Å²) in [5.74, 6) is -0.217. The number of nitrogens with two attached hydrogens (primary N) is 1. The number of esters is 1. The van der Waals surface area contributed by atoms with Gasteiger partial charge in [0.05, 0.1) is 13.0 Å². The number of rotatable bonds is 7. The van der Waals surface area contributed by atoms with Crippen LogP contribution >= 0.6 is 0 Å². The first-order valence-electron chi connectivity index (χ1n) is 4.60. The minimum Gasteiger partial charge on any atom is -0.466 e.